The standard InChI is InChI=1S/C10H13N3/c1-6(2)7-3-4-8-9(7)12-5-13-10(8)11/h3,5-6H,4H2,1-2H3,(H2,11,12,13). The van der Waals surface area contributed by atoms with Crippen LogP contribution in [0.25, 0.3) is 5.57 Å². The lowest BCUT2D eigenvalue weighted by molar-refractivity contribution is 0.850. The molecule has 0 saturated heterocycles. The van der Waals surface area contributed by atoms with Crippen molar-refractivity contribution in [1.29, 1.82) is 0 Å². The average Bonchev–Trinajstić information content (AvgIpc) is 2.48. The van der Waals surface area contributed by atoms with Crippen molar-refractivity contribution in [2.45, 2.75) is 20.3 Å². The molecule has 1 aliphatic rings. The maximum Gasteiger partial charge on any atom is 0.130 e. The van der Waals surface area contributed by atoms with E-state index in [9.17, 15) is 0 Å². The minimum atomic E-state index is 0.510. The van der Waals surface area contributed by atoms with E-state index in [-0.39, 0.29) is 0 Å². The summed E-state index contributed by atoms with van der Waals surface area (Å²) in [5.41, 5.74) is 9.18. The Morgan fingerprint density at radius 3 is 2.85 bits per heavy atom. The van der Waals surface area contributed by atoms with Crippen molar-refractivity contribution in [1.82, 2.24) is 9.97 Å². The number of anilines is 1. The van der Waals surface area contributed by atoms with Gasteiger partial charge in [0.2, 0.25) is 0 Å². The summed E-state index contributed by atoms with van der Waals surface area (Å²) in [6.45, 7) is 4.33. The van der Waals surface area contributed by atoms with Crippen LogP contribution in [0.3, 0.4) is 0 Å². The van der Waals surface area contributed by atoms with Crippen LogP contribution in [0.1, 0.15) is 25.1 Å². The van der Waals surface area contributed by atoms with E-state index in [0.29, 0.717) is 11.7 Å². The number of rotatable bonds is 1. The maximum atomic E-state index is 5.75. The van der Waals surface area contributed by atoms with Gasteiger partial charge in [-0.15, -0.1) is 0 Å². The monoisotopic (exact) mass is 175 g/mol. The predicted molar refractivity (Wildman–Crippen MR) is 53.0 cm³/mol. The Balaban J connectivity index is 2.50. The zero-order valence-corrected chi connectivity index (χ0v) is 7.91. The van der Waals surface area contributed by atoms with Gasteiger partial charge >= 0.3 is 0 Å². The highest BCUT2D eigenvalue weighted by Crippen LogP contribution is 2.32. The Labute approximate surface area is 77.7 Å². The topological polar surface area (TPSA) is 51.8 Å². The van der Waals surface area contributed by atoms with Crippen LogP contribution < -0.4 is 5.73 Å². The van der Waals surface area contributed by atoms with E-state index in [2.05, 4.69) is 29.9 Å². The van der Waals surface area contributed by atoms with Gasteiger partial charge in [0.1, 0.15) is 12.1 Å². The van der Waals surface area contributed by atoms with Gasteiger partial charge in [0.25, 0.3) is 0 Å². The molecule has 0 saturated carbocycles. The van der Waals surface area contributed by atoms with E-state index in [0.717, 1.165) is 17.7 Å². The molecule has 68 valence electrons. The van der Waals surface area contributed by atoms with E-state index < -0.39 is 0 Å². The Bertz CT molecular complexity index is 366. The molecule has 1 aromatic rings. The summed E-state index contributed by atoms with van der Waals surface area (Å²) < 4.78 is 0. The van der Waals surface area contributed by atoms with Gasteiger partial charge < -0.3 is 5.73 Å². The molecule has 13 heavy (non-hydrogen) atoms. The molecular formula is C10H13N3. The Morgan fingerprint density at radius 1 is 1.38 bits per heavy atom. The maximum absolute atomic E-state index is 5.75. The second-order valence-corrected chi connectivity index (χ2v) is 3.60. The second-order valence-electron chi connectivity index (χ2n) is 3.60. The van der Waals surface area contributed by atoms with Crippen LogP contribution in [0, 0.1) is 5.92 Å². The first-order valence-corrected chi connectivity index (χ1v) is 4.50. The number of allylic oxidation sites excluding steroid dienone is 2. The van der Waals surface area contributed by atoms with E-state index >= 15 is 0 Å². The number of nitrogens with two attached hydrogens (primary N) is 1. The van der Waals surface area contributed by atoms with Crippen LogP contribution in [-0.2, 0) is 6.42 Å². The van der Waals surface area contributed by atoms with Crippen molar-refractivity contribution < 1.29 is 0 Å². The fourth-order valence-electron chi connectivity index (χ4n) is 1.69. The number of nitrogens with zero attached hydrogens (tertiary/aromatic N) is 2. The normalized spacial score (nSPS) is 14.5. The third-order valence-electron chi connectivity index (χ3n) is 2.40. The summed E-state index contributed by atoms with van der Waals surface area (Å²) >= 11 is 0. The van der Waals surface area contributed by atoms with Crippen molar-refractivity contribution >= 4 is 11.4 Å². The van der Waals surface area contributed by atoms with Crippen LogP contribution in [0.4, 0.5) is 5.82 Å². The lowest BCUT2D eigenvalue weighted by Gasteiger charge is -2.08. The molecule has 2 rings (SSSR count). The predicted octanol–water partition coefficient (Wildman–Crippen LogP) is 1.65. The summed E-state index contributed by atoms with van der Waals surface area (Å²) in [6.07, 6.45) is 4.62. The molecule has 3 heteroatoms. The highest BCUT2D eigenvalue weighted by atomic mass is 14.9. The van der Waals surface area contributed by atoms with Crippen LogP contribution in [0.15, 0.2) is 12.4 Å². The number of hydrogen-bond donors (Lipinski definition) is 1. The van der Waals surface area contributed by atoms with Gasteiger partial charge in [-0.05, 0) is 17.9 Å². The smallest absolute Gasteiger partial charge is 0.130 e. The zero-order valence-electron chi connectivity index (χ0n) is 7.91. The SMILES string of the molecule is CC(C)C1=CCc2c(N)ncnc21. The van der Waals surface area contributed by atoms with Gasteiger partial charge in [-0.25, -0.2) is 9.97 Å². The third kappa shape index (κ3) is 1.20. The van der Waals surface area contributed by atoms with Crippen LogP contribution in [0.2, 0.25) is 0 Å². The fourth-order valence-corrected chi connectivity index (χ4v) is 1.69. The first-order chi connectivity index (χ1) is 6.20. The van der Waals surface area contributed by atoms with Gasteiger partial charge in [0.15, 0.2) is 0 Å². The highest BCUT2D eigenvalue weighted by Gasteiger charge is 2.20. The number of nitrogen functional groups attached to an aromatic ring is 1. The van der Waals surface area contributed by atoms with Crippen molar-refractivity contribution in [3.05, 3.63) is 23.7 Å². The van der Waals surface area contributed by atoms with Gasteiger partial charge in [-0.2, -0.15) is 0 Å². The average molecular weight is 175 g/mol. The molecule has 1 aromatic heterocycles. The minimum Gasteiger partial charge on any atom is -0.383 e. The van der Waals surface area contributed by atoms with Gasteiger partial charge in [0, 0.05) is 5.56 Å². The fraction of sp³-hybridized carbons (Fsp3) is 0.400. The van der Waals surface area contributed by atoms with E-state index in [1.165, 1.54) is 11.9 Å². The molecule has 1 heterocycles. The number of hydrogen-bond acceptors (Lipinski definition) is 3. The Hall–Kier alpha value is -1.38. The van der Waals surface area contributed by atoms with Gasteiger partial charge in [-0.3, -0.25) is 0 Å². The van der Waals surface area contributed by atoms with Crippen LogP contribution >= 0.6 is 0 Å². The molecule has 0 radical (unpaired) electrons. The summed E-state index contributed by atoms with van der Waals surface area (Å²) in [4.78, 5) is 8.24. The summed E-state index contributed by atoms with van der Waals surface area (Å²) in [7, 11) is 0. The molecule has 0 unspecified atom stereocenters. The Morgan fingerprint density at radius 2 is 2.15 bits per heavy atom. The van der Waals surface area contributed by atoms with Crippen LogP contribution in [0.5, 0.6) is 0 Å². The van der Waals surface area contributed by atoms with E-state index in [1.807, 2.05) is 0 Å². The molecule has 0 atom stereocenters. The number of aromatic nitrogens is 2. The summed E-state index contributed by atoms with van der Waals surface area (Å²) in [6, 6.07) is 0. The molecule has 0 spiro atoms. The van der Waals surface area contributed by atoms with Crippen LogP contribution in [-0.4, -0.2) is 9.97 Å². The lowest BCUT2D eigenvalue weighted by Crippen LogP contribution is -2.01. The highest BCUT2D eigenvalue weighted by molar-refractivity contribution is 5.74. The lowest BCUT2D eigenvalue weighted by atomic mass is 10.0. The first kappa shape index (κ1) is 8.23. The quantitative estimate of drug-likeness (QED) is 0.706. The summed E-state index contributed by atoms with van der Waals surface area (Å²) in [5.74, 6) is 1.13. The first-order valence-electron chi connectivity index (χ1n) is 4.50. The largest absolute Gasteiger partial charge is 0.383 e. The third-order valence-corrected chi connectivity index (χ3v) is 2.40. The molecule has 0 bridgehead atoms. The molecule has 2 N–H and O–H groups in total. The Kier molecular flexibility index (Phi) is 1.79. The van der Waals surface area contributed by atoms with Crippen molar-refractivity contribution in [3.63, 3.8) is 0 Å². The molecule has 0 aromatic carbocycles. The summed E-state index contributed by atoms with van der Waals surface area (Å²) in [5, 5.41) is 0. The van der Waals surface area contributed by atoms with E-state index in [1.54, 1.807) is 0 Å². The molecule has 0 aliphatic heterocycles. The molecule has 0 fully saturated rings. The van der Waals surface area contributed by atoms with Gasteiger partial charge in [-0.1, -0.05) is 19.9 Å². The van der Waals surface area contributed by atoms with Crippen molar-refractivity contribution in [2.24, 2.45) is 5.92 Å². The van der Waals surface area contributed by atoms with E-state index in [4.69, 9.17) is 5.73 Å². The van der Waals surface area contributed by atoms with Gasteiger partial charge in [0.05, 0.1) is 5.69 Å². The molecule has 3 nitrogen and oxygen atoms in total. The molecule has 0 amide bonds. The van der Waals surface area contributed by atoms with Crippen molar-refractivity contribution in [2.75, 3.05) is 5.73 Å². The van der Waals surface area contributed by atoms with Crippen molar-refractivity contribution in [3.8, 4) is 0 Å². The molecule has 1 aliphatic carbocycles. The zero-order chi connectivity index (χ0) is 9.42. The minimum absolute atomic E-state index is 0.510. The molecular weight excluding hydrogens is 162 g/mol. The second kappa shape index (κ2) is 2.83. The number of fused-ring (bicyclic) bond motifs is 1.